The second kappa shape index (κ2) is 5.33. The summed E-state index contributed by atoms with van der Waals surface area (Å²) in [7, 11) is 0. The number of hydrogen-bond donors (Lipinski definition) is 1. The molecule has 0 aliphatic carbocycles. The van der Waals surface area contributed by atoms with E-state index in [-0.39, 0.29) is 5.92 Å². The van der Waals surface area contributed by atoms with Crippen LogP contribution in [-0.2, 0) is 11.2 Å². The molecule has 102 valence electrons. The Morgan fingerprint density at radius 1 is 1.37 bits per heavy atom. The summed E-state index contributed by atoms with van der Waals surface area (Å²) < 4.78 is 0. The number of aryl methyl sites for hydroxylation is 2. The summed E-state index contributed by atoms with van der Waals surface area (Å²) in [5.41, 5.74) is 3.72. The van der Waals surface area contributed by atoms with E-state index in [1.165, 1.54) is 11.1 Å². The predicted molar refractivity (Wildman–Crippen MR) is 77.4 cm³/mol. The lowest BCUT2D eigenvalue weighted by Gasteiger charge is -2.34. The first kappa shape index (κ1) is 12.7. The number of nitrogens with one attached hydrogen (secondary N) is 1. The summed E-state index contributed by atoms with van der Waals surface area (Å²) in [5.74, 6) is 0.485. The van der Waals surface area contributed by atoms with E-state index in [4.69, 9.17) is 0 Å². The number of hydrogen-bond acceptors (Lipinski definition) is 2. The average Bonchev–Trinajstić information content (AvgIpc) is 2.47. The Balaban J connectivity index is 1.86. The Morgan fingerprint density at radius 3 is 3.05 bits per heavy atom. The van der Waals surface area contributed by atoms with Crippen molar-refractivity contribution in [3.05, 3.63) is 29.3 Å². The lowest BCUT2D eigenvalue weighted by molar-refractivity contribution is -0.122. The summed E-state index contributed by atoms with van der Waals surface area (Å²) >= 11 is 0. The van der Waals surface area contributed by atoms with Crippen LogP contribution in [0.25, 0.3) is 0 Å². The van der Waals surface area contributed by atoms with Gasteiger partial charge in [0.05, 0.1) is 5.92 Å². The fraction of sp³-hybridized carbons (Fsp3) is 0.562. The topological polar surface area (TPSA) is 32.3 Å². The van der Waals surface area contributed by atoms with Gasteiger partial charge in [0.15, 0.2) is 0 Å². The number of nitrogens with zero attached hydrogens (tertiary/aromatic N) is 1. The van der Waals surface area contributed by atoms with Crippen molar-refractivity contribution in [3.63, 3.8) is 0 Å². The summed E-state index contributed by atoms with van der Waals surface area (Å²) in [5, 5.41) is 3.34. The van der Waals surface area contributed by atoms with Crippen molar-refractivity contribution in [1.29, 1.82) is 0 Å². The number of carbonyl (C=O) groups is 1. The van der Waals surface area contributed by atoms with Gasteiger partial charge in [0.25, 0.3) is 0 Å². The summed E-state index contributed by atoms with van der Waals surface area (Å²) in [4.78, 5) is 14.7. The molecule has 1 fully saturated rings. The van der Waals surface area contributed by atoms with E-state index < -0.39 is 0 Å². The molecule has 0 saturated carbocycles. The van der Waals surface area contributed by atoms with Crippen LogP contribution in [0.3, 0.4) is 0 Å². The predicted octanol–water partition coefficient (Wildman–Crippen LogP) is 2.27. The van der Waals surface area contributed by atoms with Gasteiger partial charge in [-0.15, -0.1) is 0 Å². The van der Waals surface area contributed by atoms with E-state index in [0.29, 0.717) is 5.91 Å². The lowest BCUT2D eigenvalue weighted by Crippen LogP contribution is -2.45. The van der Waals surface area contributed by atoms with Crippen molar-refractivity contribution in [2.24, 2.45) is 5.92 Å². The van der Waals surface area contributed by atoms with Crippen molar-refractivity contribution < 1.29 is 4.79 Å². The molecule has 2 heterocycles. The average molecular weight is 258 g/mol. The van der Waals surface area contributed by atoms with Crippen LogP contribution in [0, 0.1) is 12.8 Å². The zero-order valence-corrected chi connectivity index (χ0v) is 11.6. The second-order valence-electron chi connectivity index (χ2n) is 5.77. The molecule has 0 spiro atoms. The fourth-order valence-electron chi connectivity index (χ4n) is 3.20. The van der Waals surface area contributed by atoms with Crippen molar-refractivity contribution >= 4 is 11.6 Å². The number of amides is 1. The Morgan fingerprint density at radius 2 is 2.26 bits per heavy atom. The molecule has 1 atom stereocenters. The van der Waals surface area contributed by atoms with Crippen molar-refractivity contribution in [2.45, 2.75) is 32.6 Å². The second-order valence-corrected chi connectivity index (χ2v) is 5.77. The highest BCUT2D eigenvalue weighted by molar-refractivity contribution is 5.96. The molecule has 1 aromatic rings. The molecule has 0 radical (unpaired) electrons. The molecule has 2 aliphatic rings. The minimum atomic E-state index is 0.167. The maximum atomic E-state index is 12.7. The molecule has 3 rings (SSSR count). The number of benzene rings is 1. The lowest BCUT2D eigenvalue weighted by atomic mass is 9.94. The Hall–Kier alpha value is -1.35. The largest absolute Gasteiger partial charge is 0.316 e. The third kappa shape index (κ3) is 2.52. The zero-order valence-electron chi connectivity index (χ0n) is 11.6. The fourth-order valence-corrected chi connectivity index (χ4v) is 3.20. The van der Waals surface area contributed by atoms with Gasteiger partial charge < -0.3 is 10.2 Å². The van der Waals surface area contributed by atoms with Crippen LogP contribution in [0.1, 0.15) is 30.4 Å². The van der Waals surface area contributed by atoms with E-state index >= 15 is 0 Å². The summed E-state index contributed by atoms with van der Waals surface area (Å²) in [6.07, 6.45) is 4.33. The van der Waals surface area contributed by atoms with Gasteiger partial charge in [-0.3, -0.25) is 4.79 Å². The van der Waals surface area contributed by atoms with Crippen molar-refractivity contribution in [3.8, 4) is 0 Å². The van der Waals surface area contributed by atoms with Crippen LogP contribution >= 0.6 is 0 Å². The smallest absolute Gasteiger partial charge is 0.231 e. The molecule has 1 unspecified atom stereocenters. The SMILES string of the molecule is Cc1ccc2c(c1)N(C(=O)C1CCCNC1)CCC2. The van der Waals surface area contributed by atoms with E-state index in [2.05, 4.69) is 30.4 Å². The van der Waals surface area contributed by atoms with Crippen molar-refractivity contribution in [2.75, 3.05) is 24.5 Å². The molecule has 3 heteroatoms. The van der Waals surface area contributed by atoms with E-state index in [9.17, 15) is 4.79 Å². The van der Waals surface area contributed by atoms with Gasteiger partial charge in [-0.1, -0.05) is 12.1 Å². The minimum Gasteiger partial charge on any atom is -0.316 e. The highest BCUT2D eigenvalue weighted by Crippen LogP contribution is 2.30. The van der Waals surface area contributed by atoms with Gasteiger partial charge in [-0.05, 0) is 56.3 Å². The minimum absolute atomic E-state index is 0.167. The molecule has 1 saturated heterocycles. The van der Waals surface area contributed by atoms with Crippen LogP contribution in [0.2, 0.25) is 0 Å². The maximum absolute atomic E-state index is 12.7. The number of piperidine rings is 1. The zero-order chi connectivity index (χ0) is 13.2. The van der Waals surface area contributed by atoms with E-state index in [1.807, 2.05) is 4.90 Å². The summed E-state index contributed by atoms with van der Waals surface area (Å²) in [6.45, 7) is 4.88. The highest BCUT2D eigenvalue weighted by Gasteiger charge is 2.29. The van der Waals surface area contributed by atoms with Crippen LogP contribution in [0.4, 0.5) is 5.69 Å². The van der Waals surface area contributed by atoms with Crippen LogP contribution in [-0.4, -0.2) is 25.5 Å². The molecule has 0 bridgehead atoms. The molecular weight excluding hydrogens is 236 g/mol. The summed E-state index contributed by atoms with van der Waals surface area (Å²) in [6, 6.07) is 6.50. The molecule has 1 N–H and O–H groups in total. The highest BCUT2D eigenvalue weighted by atomic mass is 16.2. The molecule has 0 aromatic heterocycles. The van der Waals surface area contributed by atoms with Crippen LogP contribution in [0.5, 0.6) is 0 Å². The number of carbonyl (C=O) groups excluding carboxylic acids is 1. The normalized spacial score (nSPS) is 23.0. The van der Waals surface area contributed by atoms with Gasteiger partial charge in [-0.25, -0.2) is 0 Å². The number of rotatable bonds is 1. The van der Waals surface area contributed by atoms with Crippen LogP contribution < -0.4 is 10.2 Å². The first-order valence-electron chi connectivity index (χ1n) is 7.37. The molecule has 1 aromatic carbocycles. The molecular formula is C16H22N2O. The van der Waals surface area contributed by atoms with Gasteiger partial charge in [0, 0.05) is 18.8 Å². The van der Waals surface area contributed by atoms with Gasteiger partial charge >= 0.3 is 0 Å². The standard InChI is InChI=1S/C16H22N2O/c1-12-6-7-13-5-3-9-18(15(13)10-12)16(19)14-4-2-8-17-11-14/h6-7,10,14,17H,2-5,8-9,11H2,1H3. The Labute approximate surface area is 115 Å². The third-order valence-corrected chi connectivity index (χ3v) is 4.27. The quantitative estimate of drug-likeness (QED) is 0.838. The van der Waals surface area contributed by atoms with Crippen LogP contribution in [0.15, 0.2) is 18.2 Å². The maximum Gasteiger partial charge on any atom is 0.231 e. The third-order valence-electron chi connectivity index (χ3n) is 4.27. The van der Waals surface area contributed by atoms with E-state index in [1.54, 1.807) is 0 Å². The number of anilines is 1. The Kier molecular flexibility index (Phi) is 3.56. The van der Waals surface area contributed by atoms with Gasteiger partial charge in [0.1, 0.15) is 0 Å². The first-order chi connectivity index (χ1) is 9.25. The molecule has 1 amide bonds. The number of fused-ring (bicyclic) bond motifs is 1. The Bertz CT molecular complexity index is 478. The molecule has 3 nitrogen and oxygen atoms in total. The van der Waals surface area contributed by atoms with E-state index in [0.717, 1.165) is 51.0 Å². The molecule has 2 aliphatic heterocycles. The van der Waals surface area contributed by atoms with Gasteiger partial charge in [-0.2, -0.15) is 0 Å². The molecule has 19 heavy (non-hydrogen) atoms. The van der Waals surface area contributed by atoms with Gasteiger partial charge in [0.2, 0.25) is 5.91 Å². The first-order valence-corrected chi connectivity index (χ1v) is 7.37. The van der Waals surface area contributed by atoms with Crippen molar-refractivity contribution in [1.82, 2.24) is 5.32 Å². The monoisotopic (exact) mass is 258 g/mol.